The first kappa shape index (κ1) is 15.3. The van der Waals surface area contributed by atoms with Crippen molar-refractivity contribution in [2.75, 3.05) is 11.5 Å². The smallest absolute Gasteiger partial charge is 0.126 e. The number of pyridine rings is 1. The molecule has 6 heteroatoms. The van der Waals surface area contributed by atoms with Crippen molar-refractivity contribution in [3.63, 3.8) is 0 Å². The predicted molar refractivity (Wildman–Crippen MR) is 115 cm³/mol. The van der Waals surface area contributed by atoms with Crippen molar-refractivity contribution in [1.82, 2.24) is 17.9 Å². The first-order chi connectivity index (χ1) is 13.6. The van der Waals surface area contributed by atoms with Crippen LogP contribution < -0.4 is 11.5 Å². The molecule has 0 fully saturated rings. The van der Waals surface area contributed by atoms with E-state index in [1.54, 1.807) is 0 Å². The van der Waals surface area contributed by atoms with E-state index in [1.165, 1.54) is 16.5 Å². The van der Waals surface area contributed by atoms with Gasteiger partial charge in [-0.25, -0.2) is 0 Å². The van der Waals surface area contributed by atoms with Crippen molar-refractivity contribution < 1.29 is 0 Å². The number of anilines is 2. The van der Waals surface area contributed by atoms with Crippen LogP contribution in [-0.4, -0.2) is 17.9 Å². The van der Waals surface area contributed by atoms with Gasteiger partial charge in [0.2, 0.25) is 0 Å². The maximum Gasteiger partial charge on any atom is 0.126 e. The largest absolute Gasteiger partial charge is 0.385 e. The number of nitrogen functional groups attached to an aromatic ring is 2. The van der Waals surface area contributed by atoms with E-state index in [9.17, 15) is 0 Å². The molecular weight excluding hydrogens is 348 g/mol. The van der Waals surface area contributed by atoms with E-state index >= 15 is 0 Å². The summed E-state index contributed by atoms with van der Waals surface area (Å²) in [4.78, 5) is 0. The third kappa shape index (κ3) is 1.81. The average molecular weight is 368 g/mol. The topological polar surface area (TPSA) is 70.7 Å². The molecule has 0 saturated carbocycles. The lowest BCUT2D eigenvalue weighted by atomic mass is 10.2. The quantitative estimate of drug-likeness (QED) is 0.487. The van der Waals surface area contributed by atoms with Gasteiger partial charge in [-0.1, -0.05) is 30.3 Å². The summed E-state index contributed by atoms with van der Waals surface area (Å²) in [7, 11) is 2.00. The first-order valence-electron chi connectivity index (χ1n) is 9.30. The fraction of sp³-hybridized carbons (Fsp3) is 0.0909. The second-order valence-corrected chi connectivity index (χ2v) is 7.38. The standard InChI is InChI=1S/C22H20N6/c1-25-20(23)13-28-18(15-7-2-3-8-16(15)22(25)28)11-26-12-19-17(21(26)24)10-14-6-4-5-9-27(14)19/h2-10,12-13H,11,23-24H2,1H3. The Labute approximate surface area is 160 Å². The number of hydrogen-bond acceptors (Lipinski definition) is 2. The molecule has 0 spiro atoms. The molecule has 6 rings (SSSR count). The Morgan fingerprint density at radius 1 is 0.857 bits per heavy atom. The van der Waals surface area contributed by atoms with Crippen molar-refractivity contribution >= 4 is 44.5 Å². The molecule has 0 aliphatic carbocycles. The fourth-order valence-corrected chi connectivity index (χ4v) is 4.45. The number of fused-ring (bicyclic) bond motifs is 6. The molecule has 0 radical (unpaired) electrons. The third-order valence-electron chi connectivity index (χ3n) is 5.87. The number of rotatable bonds is 2. The molecule has 28 heavy (non-hydrogen) atoms. The Morgan fingerprint density at radius 2 is 1.64 bits per heavy atom. The fourth-order valence-electron chi connectivity index (χ4n) is 4.45. The van der Waals surface area contributed by atoms with Gasteiger partial charge in [-0.05, 0) is 18.2 Å². The van der Waals surface area contributed by atoms with Gasteiger partial charge in [0.05, 0.1) is 24.0 Å². The molecule has 5 heterocycles. The van der Waals surface area contributed by atoms with E-state index in [2.05, 4.69) is 62.2 Å². The monoisotopic (exact) mass is 368 g/mol. The van der Waals surface area contributed by atoms with Crippen molar-refractivity contribution in [1.29, 1.82) is 0 Å². The van der Waals surface area contributed by atoms with E-state index < -0.39 is 0 Å². The Bertz CT molecular complexity index is 1520. The molecule has 5 aromatic heterocycles. The van der Waals surface area contributed by atoms with E-state index in [-0.39, 0.29) is 0 Å². The van der Waals surface area contributed by atoms with Crippen LogP contribution in [0, 0.1) is 0 Å². The van der Waals surface area contributed by atoms with Crippen LogP contribution in [0.4, 0.5) is 11.6 Å². The molecule has 0 aliphatic heterocycles. The first-order valence-corrected chi connectivity index (χ1v) is 9.30. The molecule has 0 atom stereocenters. The Hall–Kier alpha value is -3.80. The molecule has 0 aliphatic rings. The van der Waals surface area contributed by atoms with Gasteiger partial charge in [0.25, 0.3) is 0 Å². The lowest BCUT2D eigenvalue weighted by Gasteiger charge is -2.07. The van der Waals surface area contributed by atoms with Crippen molar-refractivity contribution in [2.24, 2.45) is 7.05 Å². The Kier molecular flexibility index (Phi) is 2.80. The second kappa shape index (κ2) is 5.13. The molecule has 1 aromatic carbocycles. The Balaban J connectivity index is 1.60. The van der Waals surface area contributed by atoms with Gasteiger partial charge in [-0.3, -0.25) is 0 Å². The molecule has 6 aromatic rings. The van der Waals surface area contributed by atoms with E-state index in [0.29, 0.717) is 6.54 Å². The molecule has 4 N–H and O–H groups in total. The predicted octanol–water partition coefficient (Wildman–Crippen LogP) is 3.85. The lowest BCUT2D eigenvalue weighted by Crippen LogP contribution is -2.05. The molecule has 0 bridgehead atoms. The van der Waals surface area contributed by atoms with Gasteiger partial charge >= 0.3 is 0 Å². The second-order valence-electron chi connectivity index (χ2n) is 7.38. The van der Waals surface area contributed by atoms with Crippen molar-refractivity contribution in [2.45, 2.75) is 6.54 Å². The maximum absolute atomic E-state index is 6.55. The molecule has 0 unspecified atom stereocenters. The SMILES string of the molecule is Cn1c(N)cn2c(Cn3cc4c(cc5ccccn54)c3N)c3ccccc3c12. The van der Waals surface area contributed by atoms with Crippen molar-refractivity contribution in [3.05, 3.63) is 72.8 Å². The van der Waals surface area contributed by atoms with Crippen LogP contribution in [0.3, 0.4) is 0 Å². The van der Waals surface area contributed by atoms with E-state index in [0.717, 1.165) is 33.7 Å². The highest BCUT2D eigenvalue weighted by Gasteiger charge is 2.18. The highest BCUT2D eigenvalue weighted by molar-refractivity contribution is 5.99. The summed E-state index contributed by atoms with van der Waals surface area (Å²) in [6, 6.07) is 16.8. The summed E-state index contributed by atoms with van der Waals surface area (Å²) < 4.78 is 8.52. The van der Waals surface area contributed by atoms with Crippen LogP contribution >= 0.6 is 0 Å². The van der Waals surface area contributed by atoms with E-state index in [4.69, 9.17) is 11.5 Å². The van der Waals surface area contributed by atoms with Crippen LogP contribution in [0.25, 0.3) is 32.8 Å². The molecular formula is C22H20N6. The van der Waals surface area contributed by atoms with E-state index in [1.807, 2.05) is 29.9 Å². The van der Waals surface area contributed by atoms with Gasteiger partial charge < -0.3 is 29.4 Å². The molecule has 0 amide bonds. The van der Waals surface area contributed by atoms with Gasteiger partial charge in [0, 0.05) is 41.1 Å². The van der Waals surface area contributed by atoms with Crippen LogP contribution in [0.1, 0.15) is 5.69 Å². The number of nitrogens with zero attached hydrogens (tertiary/aromatic N) is 4. The van der Waals surface area contributed by atoms with Crippen LogP contribution in [0.5, 0.6) is 0 Å². The zero-order valence-electron chi connectivity index (χ0n) is 15.5. The lowest BCUT2D eigenvalue weighted by molar-refractivity contribution is 0.789. The third-order valence-corrected chi connectivity index (χ3v) is 5.87. The Morgan fingerprint density at radius 3 is 2.50 bits per heavy atom. The highest BCUT2D eigenvalue weighted by atomic mass is 15.2. The normalized spacial score (nSPS) is 12.2. The highest BCUT2D eigenvalue weighted by Crippen LogP contribution is 2.32. The number of benzene rings is 1. The zero-order chi connectivity index (χ0) is 19.0. The van der Waals surface area contributed by atoms with Crippen LogP contribution in [0.2, 0.25) is 0 Å². The number of hydrogen-bond donors (Lipinski definition) is 2. The number of aryl methyl sites for hydroxylation is 1. The minimum Gasteiger partial charge on any atom is -0.385 e. The van der Waals surface area contributed by atoms with Crippen molar-refractivity contribution in [3.8, 4) is 0 Å². The summed E-state index contributed by atoms with van der Waals surface area (Å²) in [5, 5.41) is 3.50. The molecule has 6 nitrogen and oxygen atoms in total. The number of imidazole rings is 1. The summed E-state index contributed by atoms with van der Waals surface area (Å²) >= 11 is 0. The van der Waals surface area contributed by atoms with Crippen LogP contribution in [-0.2, 0) is 13.6 Å². The summed E-state index contributed by atoms with van der Waals surface area (Å²) in [5.74, 6) is 1.52. The minimum atomic E-state index is 0.674. The summed E-state index contributed by atoms with van der Waals surface area (Å²) in [5.41, 5.74) is 17.3. The minimum absolute atomic E-state index is 0.674. The van der Waals surface area contributed by atoms with Gasteiger partial charge in [0.1, 0.15) is 17.3 Å². The van der Waals surface area contributed by atoms with Gasteiger partial charge in [-0.2, -0.15) is 0 Å². The zero-order valence-corrected chi connectivity index (χ0v) is 15.5. The number of aromatic nitrogens is 4. The summed E-state index contributed by atoms with van der Waals surface area (Å²) in [6.07, 6.45) is 6.20. The molecule has 138 valence electrons. The summed E-state index contributed by atoms with van der Waals surface area (Å²) in [6.45, 7) is 0.674. The molecule has 0 saturated heterocycles. The maximum atomic E-state index is 6.55. The van der Waals surface area contributed by atoms with Gasteiger partial charge in [-0.15, -0.1) is 0 Å². The van der Waals surface area contributed by atoms with Gasteiger partial charge in [0.15, 0.2) is 0 Å². The number of nitrogens with two attached hydrogens (primary N) is 2. The van der Waals surface area contributed by atoms with Crippen LogP contribution in [0.15, 0.2) is 67.1 Å². The average Bonchev–Trinajstić information content (AvgIpc) is 3.39.